The summed E-state index contributed by atoms with van der Waals surface area (Å²) in [5.41, 5.74) is 7.25. The maximum Gasteiger partial charge on any atom is 0.273 e. The number of aromatic nitrogens is 5. The first-order valence-corrected chi connectivity index (χ1v) is 9.67. The normalized spacial score (nSPS) is 14.9. The largest absolute Gasteiger partial charge is 0.364 e. The Kier molecular flexibility index (Phi) is 5.05. The molecule has 0 saturated heterocycles. The lowest BCUT2D eigenvalue weighted by Crippen LogP contribution is -2.25. The van der Waals surface area contributed by atoms with Crippen molar-refractivity contribution in [1.82, 2.24) is 25.0 Å². The molecule has 2 aromatic heterocycles. The summed E-state index contributed by atoms with van der Waals surface area (Å²) in [7, 11) is 0. The first kappa shape index (κ1) is 18.1. The number of nitrogens with zero attached hydrogens (tertiary/aromatic N) is 5. The minimum Gasteiger partial charge on any atom is -0.364 e. The molecule has 1 saturated carbocycles. The van der Waals surface area contributed by atoms with Gasteiger partial charge in [-0.25, -0.2) is 0 Å². The van der Waals surface area contributed by atoms with Crippen LogP contribution in [0.2, 0.25) is 0 Å². The zero-order valence-corrected chi connectivity index (χ0v) is 15.9. The molecule has 1 fully saturated rings. The van der Waals surface area contributed by atoms with Crippen LogP contribution in [0.5, 0.6) is 0 Å². The van der Waals surface area contributed by atoms with Gasteiger partial charge in [0.25, 0.3) is 5.91 Å². The topological polar surface area (TPSA) is 124 Å². The lowest BCUT2D eigenvalue weighted by atomic mass is 9.96. The third-order valence-corrected chi connectivity index (χ3v) is 5.07. The van der Waals surface area contributed by atoms with Crippen LogP contribution in [0, 0.1) is 0 Å². The van der Waals surface area contributed by atoms with Gasteiger partial charge in [-0.15, -0.1) is 10.2 Å². The Morgan fingerprint density at radius 2 is 2.07 bits per heavy atom. The van der Waals surface area contributed by atoms with Crippen molar-refractivity contribution in [3.63, 3.8) is 0 Å². The van der Waals surface area contributed by atoms with E-state index in [1.807, 2.05) is 36.0 Å². The number of anilines is 3. The maximum absolute atomic E-state index is 11.8. The van der Waals surface area contributed by atoms with E-state index in [0.717, 1.165) is 36.0 Å². The lowest BCUT2D eigenvalue weighted by molar-refractivity contribution is 0.0995. The van der Waals surface area contributed by atoms with Crippen LogP contribution in [-0.4, -0.2) is 36.9 Å². The summed E-state index contributed by atoms with van der Waals surface area (Å²) in [6.07, 6.45) is 7.65. The van der Waals surface area contributed by atoms with Gasteiger partial charge in [-0.2, -0.15) is 10.1 Å². The Hall–Kier alpha value is -3.23. The summed E-state index contributed by atoms with van der Waals surface area (Å²) in [4.78, 5) is 16.3. The summed E-state index contributed by atoms with van der Waals surface area (Å²) in [6, 6.07) is 6.17. The van der Waals surface area contributed by atoms with E-state index in [1.165, 1.54) is 19.3 Å². The van der Waals surface area contributed by atoms with Gasteiger partial charge in [-0.3, -0.25) is 9.48 Å². The zero-order valence-electron chi connectivity index (χ0n) is 15.9. The number of primary amides is 1. The van der Waals surface area contributed by atoms with Gasteiger partial charge in [0.05, 0.1) is 11.7 Å². The second-order valence-corrected chi connectivity index (χ2v) is 7.04. The quantitative estimate of drug-likeness (QED) is 0.600. The van der Waals surface area contributed by atoms with Crippen LogP contribution in [-0.2, 0) is 6.54 Å². The fourth-order valence-electron chi connectivity index (χ4n) is 3.61. The van der Waals surface area contributed by atoms with Gasteiger partial charge in [0, 0.05) is 23.7 Å². The molecule has 0 bridgehead atoms. The van der Waals surface area contributed by atoms with E-state index in [2.05, 4.69) is 30.9 Å². The summed E-state index contributed by atoms with van der Waals surface area (Å²) >= 11 is 0. The molecule has 0 spiro atoms. The molecule has 4 N–H and O–H groups in total. The number of nitrogens with two attached hydrogens (primary N) is 1. The van der Waals surface area contributed by atoms with Crippen molar-refractivity contribution in [2.75, 3.05) is 10.6 Å². The minimum absolute atomic E-state index is 0.0123. The number of aryl methyl sites for hydroxylation is 1. The molecule has 2 heterocycles. The molecule has 146 valence electrons. The fourth-order valence-corrected chi connectivity index (χ4v) is 3.61. The lowest BCUT2D eigenvalue weighted by Gasteiger charge is -2.22. The number of fused-ring (bicyclic) bond motifs is 1. The van der Waals surface area contributed by atoms with Gasteiger partial charge in [0.2, 0.25) is 5.95 Å². The van der Waals surface area contributed by atoms with Crippen molar-refractivity contribution in [3.05, 3.63) is 30.1 Å². The van der Waals surface area contributed by atoms with Crippen molar-refractivity contribution in [1.29, 1.82) is 0 Å². The van der Waals surface area contributed by atoms with E-state index in [0.29, 0.717) is 17.8 Å². The Morgan fingerprint density at radius 3 is 2.82 bits per heavy atom. The molecule has 1 amide bonds. The van der Waals surface area contributed by atoms with Gasteiger partial charge >= 0.3 is 0 Å². The molecule has 9 nitrogen and oxygen atoms in total. The monoisotopic (exact) mass is 380 g/mol. The van der Waals surface area contributed by atoms with E-state index in [9.17, 15) is 4.79 Å². The third-order valence-electron chi connectivity index (χ3n) is 5.07. The Morgan fingerprint density at radius 1 is 1.25 bits per heavy atom. The van der Waals surface area contributed by atoms with Crippen LogP contribution < -0.4 is 16.4 Å². The number of rotatable bonds is 6. The van der Waals surface area contributed by atoms with Crippen molar-refractivity contribution >= 4 is 34.3 Å². The number of benzene rings is 1. The fraction of sp³-hybridized carbons (Fsp3) is 0.421. The number of hydrogen-bond acceptors (Lipinski definition) is 7. The van der Waals surface area contributed by atoms with Crippen molar-refractivity contribution < 1.29 is 4.79 Å². The number of carbonyl (C=O) groups is 1. The highest BCUT2D eigenvalue weighted by Gasteiger charge is 2.18. The second-order valence-electron chi connectivity index (χ2n) is 7.04. The van der Waals surface area contributed by atoms with Gasteiger partial charge in [-0.05, 0) is 38.0 Å². The maximum atomic E-state index is 11.8. The molecule has 4 rings (SSSR count). The number of carbonyl (C=O) groups excluding carboxylic acids is 1. The van der Waals surface area contributed by atoms with Crippen molar-refractivity contribution in [2.24, 2.45) is 5.73 Å². The molecule has 9 heteroatoms. The van der Waals surface area contributed by atoms with Gasteiger partial charge in [0.15, 0.2) is 11.5 Å². The standard InChI is InChI=1S/C19H24N8O/c1-2-27-15-10-14(9-8-12(15)11-21-27)22-18-16(17(20)28)25-26-19(24-18)23-13-6-4-3-5-7-13/h8-11,13H,2-7H2,1H3,(H2,20,28)(H2,22,23,24,26). The zero-order chi connectivity index (χ0) is 19.5. The van der Waals surface area contributed by atoms with Crippen LogP contribution in [0.4, 0.5) is 17.5 Å². The highest BCUT2D eigenvalue weighted by atomic mass is 16.1. The van der Waals surface area contributed by atoms with Gasteiger partial charge in [0.1, 0.15) is 0 Å². The predicted molar refractivity (Wildman–Crippen MR) is 108 cm³/mol. The van der Waals surface area contributed by atoms with Crippen LogP contribution in [0.1, 0.15) is 49.5 Å². The van der Waals surface area contributed by atoms with Crippen LogP contribution in [0.3, 0.4) is 0 Å². The molecule has 1 aliphatic carbocycles. The summed E-state index contributed by atoms with van der Waals surface area (Å²) in [6.45, 7) is 2.80. The second kappa shape index (κ2) is 7.79. The third kappa shape index (κ3) is 3.73. The smallest absolute Gasteiger partial charge is 0.273 e. The molecule has 3 aromatic rings. The Balaban J connectivity index is 1.63. The van der Waals surface area contributed by atoms with Gasteiger partial charge < -0.3 is 16.4 Å². The summed E-state index contributed by atoms with van der Waals surface area (Å²) in [5, 5.41) is 19.9. The van der Waals surface area contributed by atoms with Gasteiger partial charge in [-0.1, -0.05) is 19.3 Å². The van der Waals surface area contributed by atoms with Crippen molar-refractivity contribution in [2.45, 2.75) is 51.6 Å². The molecule has 1 aromatic carbocycles. The number of amides is 1. The van der Waals surface area contributed by atoms with E-state index < -0.39 is 5.91 Å². The molecular weight excluding hydrogens is 356 g/mol. The van der Waals surface area contributed by atoms with Crippen LogP contribution >= 0.6 is 0 Å². The molecule has 0 radical (unpaired) electrons. The Bertz CT molecular complexity index is 993. The number of hydrogen-bond donors (Lipinski definition) is 3. The average Bonchev–Trinajstić information content (AvgIpc) is 3.11. The van der Waals surface area contributed by atoms with Crippen molar-refractivity contribution in [3.8, 4) is 0 Å². The SMILES string of the molecule is CCn1ncc2ccc(Nc3nc(NC4CCCCC4)nnc3C(N)=O)cc21. The predicted octanol–water partition coefficient (Wildman–Crippen LogP) is 2.83. The number of nitrogens with one attached hydrogen (secondary N) is 2. The van der Waals surface area contributed by atoms with E-state index in [4.69, 9.17) is 5.73 Å². The van der Waals surface area contributed by atoms with E-state index in [1.54, 1.807) is 0 Å². The first-order chi connectivity index (χ1) is 13.6. The highest BCUT2D eigenvalue weighted by molar-refractivity contribution is 5.96. The molecule has 0 unspecified atom stereocenters. The van der Waals surface area contributed by atoms with E-state index >= 15 is 0 Å². The first-order valence-electron chi connectivity index (χ1n) is 9.67. The molecular formula is C19H24N8O. The molecule has 1 aliphatic rings. The minimum atomic E-state index is -0.675. The van der Waals surface area contributed by atoms with Crippen LogP contribution in [0.25, 0.3) is 10.9 Å². The van der Waals surface area contributed by atoms with E-state index in [-0.39, 0.29) is 5.69 Å². The average molecular weight is 380 g/mol. The molecule has 0 aliphatic heterocycles. The summed E-state index contributed by atoms with van der Waals surface area (Å²) < 4.78 is 1.91. The molecule has 28 heavy (non-hydrogen) atoms. The molecule has 0 atom stereocenters. The Labute approximate surface area is 162 Å². The highest BCUT2D eigenvalue weighted by Crippen LogP contribution is 2.24. The summed E-state index contributed by atoms with van der Waals surface area (Å²) in [5.74, 6) is 0.0215. The van der Waals surface area contributed by atoms with Crippen LogP contribution in [0.15, 0.2) is 24.4 Å².